The third kappa shape index (κ3) is 6.18. The smallest absolute Gasteiger partial charge is 0.335 e. The van der Waals surface area contributed by atoms with Crippen molar-refractivity contribution in [3.63, 3.8) is 0 Å². The van der Waals surface area contributed by atoms with E-state index in [0.717, 1.165) is 18.2 Å². The van der Waals surface area contributed by atoms with Crippen molar-refractivity contribution in [2.75, 3.05) is 0 Å². The number of halogens is 3. The second kappa shape index (κ2) is 12.3. The molecular weight excluding hydrogens is 585 g/mol. The number of hydrogen-bond acceptors (Lipinski definition) is 7. The van der Waals surface area contributed by atoms with Crippen LogP contribution in [0.4, 0.5) is 13.2 Å². The van der Waals surface area contributed by atoms with Crippen LogP contribution in [0.5, 0.6) is 5.88 Å². The minimum absolute atomic E-state index is 0.0175. The maximum atomic E-state index is 15.5. The van der Waals surface area contributed by atoms with Crippen molar-refractivity contribution < 1.29 is 27.8 Å². The molecule has 3 aromatic heterocycles. The summed E-state index contributed by atoms with van der Waals surface area (Å²) in [5.41, 5.74) is 1.39. The summed E-state index contributed by atoms with van der Waals surface area (Å²) in [5.74, 6) is -2.32. The number of carboxylic acid groups (broad SMARTS) is 1. The molecule has 0 amide bonds. The zero-order valence-electron chi connectivity index (χ0n) is 23.3. The van der Waals surface area contributed by atoms with Crippen LogP contribution >= 0.6 is 0 Å². The Bertz CT molecular complexity index is 2110. The second-order valence-corrected chi connectivity index (χ2v) is 9.96. The van der Waals surface area contributed by atoms with Gasteiger partial charge in [0.15, 0.2) is 0 Å². The van der Waals surface area contributed by atoms with E-state index in [1.807, 2.05) is 6.07 Å². The number of benzene rings is 3. The average Bonchev–Trinajstić information content (AvgIpc) is 3.38. The molecule has 0 unspecified atom stereocenters. The number of pyridine rings is 1. The van der Waals surface area contributed by atoms with Crippen LogP contribution in [-0.4, -0.2) is 35.6 Å². The van der Waals surface area contributed by atoms with E-state index in [1.54, 1.807) is 35.2 Å². The Hall–Kier alpha value is -6.09. The molecule has 45 heavy (non-hydrogen) atoms. The van der Waals surface area contributed by atoms with Gasteiger partial charge in [0.05, 0.1) is 40.5 Å². The number of fused-ring (bicyclic) bond motifs is 1. The fourth-order valence-corrected chi connectivity index (χ4v) is 4.79. The molecule has 0 saturated heterocycles. The molecule has 0 spiro atoms. The van der Waals surface area contributed by atoms with Crippen LogP contribution in [0, 0.1) is 28.8 Å². The van der Waals surface area contributed by atoms with E-state index in [-0.39, 0.29) is 59.0 Å². The largest absolute Gasteiger partial charge is 0.478 e. The molecule has 12 heteroatoms. The van der Waals surface area contributed by atoms with E-state index >= 15 is 8.78 Å². The third-order valence-corrected chi connectivity index (χ3v) is 7.03. The summed E-state index contributed by atoms with van der Waals surface area (Å²) in [6.07, 6.45) is 3.02. The Balaban J connectivity index is 1.29. The van der Waals surface area contributed by atoms with Crippen molar-refractivity contribution in [2.45, 2.75) is 19.6 Å². The quantitative estimate of drug-likeness (QED) is 0.209. The van der Waals surface area contributed by atoms with Crippen LogP contribution in [0.3, 0.4) is 0 Å². The number of hydrogen-bond donors (Lipinski definition) is 1. The van der Waals surface area contributed by atoms with Crippen LogP contribution in [0.15, 0.2) is 85.2 Å². The van der Waals surface area contributed by atoms with Gasteiger partial charge in [0, 0.05) is 36.0 Å². The molecule has 3 heterocycles. The highest BCUT2D eigenvalue weighted by Crippen LogP contribution is 2.28. The van der Waals surface area contributed by atoms with Gasteiger partial charge in [0.1, 0.15) is 35.7 Å². The van der Waals surface area contributed by atoms with Gasteiger partial charge in [0.25, 0.3) is 0 Å². The number of aromatic nitrogens is 5. The third-order valence-electron chi connectivity index (χ3n) is 7.03. The van der Waals surface area contributed by atoms with Crippen LogP contribution in [0.25, 0.3) is 22.3 Å². The molecule has 6 aromatic rings. The van der Waals surface area contributed by atoms with Crippen molar-refractivity contribution in [3.8, 4) is 23.2 Å². The van der Waals surface area contributed by atoms with Gasteiger partial charge in [-0.2, -0.15) is 5.26 Å². The number of carbonyl (C=O) groups is 1. The summed E-state index contributed by atoms with van der Waals surface area (Å²) in [7, 11) is 0. The lowest BCUT2D eigenvalue weighted by Gasteiger charge is -2.12. The summed E-state index contributed by atoms with van der Waals surface area (Å²) in [6, 6.07) is 18.6. The maximum absolute atomic E-state index is 15.5. The molecule has 222 valence electrons. The van der Waals surface area contributed by atoms with E-state index in [0.29, 0.717) is 22.7 Å². The first-order valence-electron chi connectivity index (χ1n) is 13.5. The van der Waals surface area contributed by atoms with E-state index in [9.17, 15) is 14.3 Å². The van der Waals surface area contributed by atoms with Crippen molar-refractivity contribution >= 4 is 17.0 Å². The number of nitrogens with zero attached hydrogens (tertiary/aromatic N) is 6. The van der Waals surface area contributed by atoms with Gasteiger partial charge in [-0.15, -0.1) is 0 Å². The lowest BCUT2D eigenvalue weighted by Crippen LogP contribution is -2.10. The van der Waals surface area contributed by atoms with Crippen molar-refractivity contribution in [2.24, 2.45) is 0 Å². The van der Waals surface area contributed by atoms with E-state index in [4.69, 9.17) is 10.00 Å². The van der Waals surface area contributed by atoms with E-state index in [1.165, 1.54) is 36.4 Å². The lowest BCUT2D eigenvalue weighted by atomic mass is 10.0. The molecular formula is C33H21F3N6O3. The highest BCUT2D eigenvalue weighted by Gasteiger charge is 2.19. The molecule has 0 fully saturated rings. The van der Waals surface area contributed by atoms with Gasteiger partial charge in [0.2, 0.25) is 5.88 Å². The number of imidazole rings is 1. The Kier molecular flexibility index (Phi) is 7.90. The van der Waals surface area contributed by atoms with Crippen molar-refractivity contribution in [3.05, 3.63) is 137 Å². The molecule has 0 aliphatic rings. The molecule has 3 aromatic carbocycles. The summed E-state index contributed by atoms with van der Waals surface area (Å²) in [5, 5.41) is 18.4. The SMILES string of the molecule is N#Cc1ccc(COc2cccc(-c3cc(F)c(Cc4nc5ccc(C(=O)O)cc5n4Cc4ncccn4)cc3F)n2)c(F)c1. The van der Waals surface area contributed by atoms with Gasteiger partial charge in [-0.05, 0) is 60.2 Å². The fraction of sp³-hybridized carbons (Fsp3) is 0.0909. The zero-order valence-corrected chi connectivity index (χ0v) is 23.3. The van der Waals surface area contributed by atoms with Gasteiger partial charge < -0.3 is 14.4 Å². The van der Waals surface area contributed by atoms with Crippen molar-refractivity contribution in [1.82, 2.24) is 24.5 Å². The summed E-state index contributed by atoms with van der Waals surface area (Å²) < 4.78 is 52.5. The Labute approximate surface area is 253 Å². The molecule has 0 radical (unpaired) electrons. The highest BCUT2D eigenvalue weighted by atomic mass is 19.1. The van der Waals surface area contributed by atoms with Gasteiger partial charge in [-0.3, -0.25) is 0 Å². The minimum atomic E-state index is -1.12. The molecule has 0 aliphatic carbocycles. The first kappa shape index (κ1) is 29.0. The van der Waals surface area contributed by atoms with Gasteiger partial charge >= 0.3 is 5.97 Å². The van der Waals surface area contributed by atoms with Crippen molar-refractivity contribution in [1.29, 1.82) is 5.26 Å². The molecule has 1 N–H and O–H groups in total. The first-order valence-corrected chi connectivity index (χ1v) is 13.5. The fourth-order valence-electron chi connectivity index (χ4n) is 4.79. The Morgan fingerprint density at radius 3 is 2.44 bits per heavy atom. The van der Waals surface area contributed by atoms with Crippen LogP contribution in [0.2, 0.25) is 0 Å². The normalized spacial score (nSPS) is 11.0. The van der Waals surface area contributed by atoms with Gasteiger partial charge in [-0.1, -0.05) is 12.1 Å². The van der Waals surface area contributed by atoms with Crippen LogP contribution in [0.1, 0.15) is 38.7 Å². The average molecular weight is 607 g/mol. The standard InChI is InChI=1S/C33H21F3N6O3/c34-24-11-19(16-37)5-6-21(24)18-45-32-4-1-3-27(41-32)23-15-25(35)22(12-26(23)36)14-31-40-28-8-7-20(33(43)44)13-29(28)42(31)17-30-38-9-2-10-39-30/h1-13,15H,14,17-18H2,(H,43,44). The highest BCUT2D eigenvalue weighted by molar-refractivity contribution is 5.92. The number of ether oxygens (including phenoxy) is 1. The zero-order chi connectivity index (χ0) is 31.5. The molecule has 0 saturated carbocycles. The van der Waals surface area contributed by atoms with E-state index < -0.39 is 23.4 Å². The molecule has 0 atom stereocenters. The minimum Gasteiger partial charge on any atom is -0.478 e. The predicted octanol–water partition coefficient (Wildman–Crippen LogP) is 6.09. The number of rotatable bonds is 9. The van der Waals surface area contributed by atoms with Gasteiger partial charge in [-0.25, -0.2) is 37.9 Å². The molecule has 0 aliphatic heterocycles. The first-order chi connectivity index (χ1) is 21.8. The Morgan fingerprint density at radius 2 is 1.69 bits per heavy atom. The summed E-state index contributed by atoms with van der Waals surface area (Å²) in [6.45, 7) is -0.0617. The second-order valence-electron chi connectivity index (χ2n) is 9.96. The Morgan fingerprint density at radius 1 is 0.889 bits per heavy atom. The monoisotopic (exact) mass is 606 g/mol. The predicted molar refractivity (Wildman–Crippen MR) is 156 cm³/mol. The number of aromatic carboxylic acids is 1. The lowest BCUT2D eigenvalue weighted by molar-refractivity contribution is 0.0697. The molecule has 6 rings (SSSR count). The van der Waals surface area contributed by atoms with Crippen LogP contribution in [-0.2, 0) is 19.6 Å². The molecule has 9 nitrogen and oxygen atoms in total. The van der Waals surface area contributed by atoms with Crippen LogP contribution < -0.4 is 4.74 Å². The van der Waals surface area contributed by atoms with E-state index in [2.05, 4.69) is 19.9 Å². The maximum Gasteiger partial charge on any atom is 0.335 e. The summed E-state index contributed by atoms with van der Waals surface area (Å²) in [4.78, 5) is 28.9. The summed E-state index contributed by atoms with van der Waals surface area (Å²) >= 11 is 0. The molecule has 0 bridgehead atoms. The topological polar surface area (TPSA) is 127 Å². The number of nitriles is 1. The number of carboxylic acids is 1.